The Morgan fingerprint density at radius 1 is 1.10 bits per heavy atom. The molecular weight excluding hydrogens is 281 g/mol. The first-order chi connectivity index (χ1) is 9.95. The molecule has 0 aromatic heterocycles. The molecule has 1 aromatic rings. The second-order valence-corrected chi connectivity index (χ2v) is 5.73. The number of alkyl halides is 3. The zero-order chi connectivity index (χ0) is 15.0. The third-order valence-electron chi connectivity index (χ3n) is 4.25. The van der Waals surface area contributed by atoms with Gasteiger partial charge in [-0.05, 0) is 19.1 Å². The van der Waals surface area contributed by atoms with Crippen molar-refractivity contribution in [3.63, 3.8) is 0 Å². The van der Waals surface area contributed by atoms with Crippen molar-refractivity contribution in [3.8, 4) is 0 Å². The van der Waals surface area contributed by atoms with E-state index in [-0.39, 0.29) is 0 Å². The lowest BCUT2D eigenvalue weighted by Gasteiger charge is -2.43. The van der Waals surface area contributed by atoms with Crippen LogP contribution >= 0.6 is 0 Å². The quantitative estimate of drug-likeness (QED) is 0.835. The molecule has 2 fully saturated rings. The summed E-state index contributed by atoms with van der Waals surface area (Å²) in [5, 5.41) is 0. The fourth-order valence-corrected chi connectivity index (χ4v) is 2.91. The molecule has 116 valence electrons. The van der Waals surface area contributed by atoms with Crippen molar-refractivity contribution in [2.75, 3.05) is 44.3 Å². The zero-order valence-corrected chi connectivity index (χ0v) is 12.0. The molecule has 0 radical (unpaired) electrons. The van der Waals surface area contributed by atoms with E-state index >= 15 is 0 Å². The highest BCUT2D eigenvalue weighted by Gasteiger charge is 2.36. The number of aryl methyl sites for hydroxylation is 1. The molecule has 0 saturated carbocycles. The van der Waals surface area contributed by atoms with Gasteiger partial charge in [-0.25, -0.2) is 0 Å². The summed E-state index contributed by atoms with van der Waals surface area (Å²) in [5.41, 5.74) is 0.414. The second kappa shape index (κ2) is 5.50. The Morgan fingerprint density at radius 2 is 1.76 bits per heavy atom. The van der Waals surface area contributed by atoms with Crippen LogP contribution in [0.5, 0.6) is 0 Å². The van der Waals surface area contributed by atoms with Crippen LogP contribution in [0.25, 0.3) is 0 Å². The fourth-order valence-electron chi connectivity index (χ4n) is 2.91. The lowest BCUT2D eigenvalue weighted by molar-refractivity contribution is -0.137. The smallest absolute Gasteiger partial charge is 0.378 e. The Hall–Kier alpha value is -1.27. The van der Waals surface area contributed by atoms with Crippen molar-refractivity contribution in [1.29, 1.82) is 0 Å². The van der Waals surface area contributed by atoms with Gasteiger partial charge in [-0.15, -0.1) is 0 Å². The van der Waals surface area contributed by atoms with Crippen LogP contribution in [0.3, 0.4) is 0 Å². The van der Waals surface area contributed by atoms with Crippen molar-refractivity contribution in [2.24, 2.45) is 0 Å². The average molecular weight is 300 g/mol. The Morgan fingerprint density at radius 3 is 2.29 bits per heavy atom. The van der Waals surface area contributed by atoms with E-state index in [9.17, 15) is 13.2 Å². The minimum Gasteiger partial charge on any atom is -0.378 e. The normalized spacial score (nSPS) is 21.4. The van der Waals surface area contributed by atoms with Gasteiger partial charge >= 0.3 is 6.18 Å². The van der Waals surface area contributed by atoms with Gasteiger partial charge in [0.25, 0.3) is 0 Å². The van der Waals surface area contributed by atoms with Crippen LogP contribution in [-0.4, -0.2) is 50.3 Å². The van der Waals surface area contributed by atoms with Gasteiger partial charge in [-0.3, -0.25) is 4.90 Å². The molecule has 0 unspecified atom stereocenters. The van der Waals surface area contributed by atoms with Crippen molar-refractivity contribution in [1.82, 2.24) is 4.90 Å². The number of halogens is 3. The van der Waals surface area contributed by atoms with Gasteiger partial charge in [0, 0.05) is 31.9 Å². The number of piperazine rings is 1. The molecule has 2 saturated heterocycles. The summed E-state index contributed by atoms with van der Waals surface area (Å²) in [7, 11) is 0. The second-order valence-electron chi connectivity index (χ2n) is 5.73. The van der Waals surface area contributed by atoms with E-state index in [4.69, 9.17) is 4.74 Å². The summed E-state index contributed by atoms with van der Waals surface area (Å²) in [6.45, 7) is 6.02. The lowest BCUT2D eigenvalue weighted by Crippen LogP contribution is -2.56. The monoisotopic (exact) mass is 300 g/mol. The highest BCUT2D eigenvalue weighted by molar-refractivity contribution is 5.56. The van der Waals surface area contributed by atoms with Crippen LogP contribution in [-0.2, 0) is 10.9 Å². The summed E-state index contributed by atoms with van der Waals surface area (Å²) in [6, 6.07) is 5.03. The largest absolute Gasteiger partial charge is 0.418 e. The maximum Gasteiger partial charge on any atom is 0.418 e. The Labute approximate surface area is 122 Å². The van der Waals surface area contributed by atoms with Gasteiger partial charge in [0.15, 0.2) is 0 Å². The lowest BCUT2D eigenvalue weighted by atomic mass is 10.1. The molecule has 2 aliphatic rings. The van der Waals surface area contributed by atoms with Gasteiger partial charge in [0.2, 0.25) is 0 Å². The SMILES string of the molecule is Cc1ccc(N2CCN(C3COC3)CC2)c(C(F)(F)F)c1. The molecule has 0 atom stereocenters. The van der Waals surface area contributed by atoms with Crippen LogP contribution < -0.4 is 4.90 Å². The third-order valence-corrected chi connectivity index (χ3v) is 4.25. The number of hydrogen-bond acceptors (Lipinski definition) is 3. The van der Waals surface area contributed by atoms with Crippen LogP contribution in [0.4, 0.5) is 18.9 Å². The topological polar surface area (TPSA) is 15.7 Å². The average Bonchev–Trinajstić information content (AvgIpc) is 2.37. The predicted molar refractivity (Wildman–Crippen MR) is 74.6 cm³/mol. The summed E-state index contributed by atoms with van der Waals surface area (Å²) in [5.74, 6) is 0. The van der Waals surface area contributed by atoms with E-state index < -0.39 is 11.7 Å². The molecule has 3 rings (SSSR count). The van der Waals surface area contributed by atoms with E-state index in [1.54, 1.807) is 19.1 Å². The van der Waals surface area contributed by atoms with Gasteiger partial charge in [0.1, 0.15) is 0 Å². The van der Waals surface area contributed by atoms with Gasteiger partial charge in [-0.2, -0.15) is 13.2 Å². The van der Waals surface area contributed by atoms with E-state index in [0.717, 1.165) is 26.3 Å². The van der Waals surface area contributed by atoms with Crippen molar-refractivity contribution < 1.29 is 17.9 Å². The summed E-state index contributed by atoms with van der Waals surface area (Å²) >= 11 is 0. The molecule has 1 aromatic carbocycles. The van der Waals surface area contributed by atoms with Gasteiger partial charge < -0.3 is 9.64 Å². The molecule has 21 heavy (non-hydrogen) atoms. The minimum atomic E-state index is -4.31. The van der Waals surface area contributed by atoms with Crippen molar-refractivity contribution in [3.05, 3.63) is 29.3 Å². The maximum absolute atomic E-state index is 13.2. The van der Waals surface area contributed by atoms with Gasteiger partial charge in [-0.1, -0.05) is 11.6 Å². The highest BCUT2D eigenvalue weighted by Crippen LogP contribution is 2.37. The Bertz CT molecular complexity index is 506. The summed E-state index contributed by atoms with van der Waals surface area (Å²) in [6.07, 6.45) is -4.31. The molecule has 0 amide bonds. The number of nitrogens with zero attached hydrogens (tertiary/aromatic N) is 2. The molecule has 2 aliphatic heterocycles. The van der Waals surface area contributed by atoms with Crippen LogP contribution in [0.2, 0.25) is 0 Å². The van der Waals surface area contributed by atoms with Crippen LogP contribution in [0.1, 0.15) is 11.1 Å². The molecule has 2 heterocycles. The molecule has 3 nitrogen and oxygen atoms in total. The van der Waals surface area contributed by atoms with E-state index in [1.807, 2.05) is 4.90 Å². The number of benzene rings is 1. The van der Waals surface area contributed by atoms with E-state index in [1.165, 1.54) is 6.07 Å². The molecule has 0 aliphatic carbocycles. The van der Waals surface area contributed by atoms with E-state index in [0.29, 0.717) is 30.4 Å². The number of anilines is 1. The Kier molecular flexibility index (Phi) is 3.84. The zero-order valence-electron chi connectivity index (χ0n) is 12.0. The van der Waals surface area contributed by atoms with Crippen molar-refractivity contribution in [2.45, 2.75) is 19.1 Å². The van der Waals surface area contributed by atoms with Gasteiger partial charge in [0.05, 0.1) is 24.8 Å². The third kappa shape index (κ3) is 3.01. The summed E-state index contributed by atoms with van der Waals surface area (Å²) < 4.78 is 44.8. The minimum absolute atomic E-state index is 0.303. The maximum atomic E-state index is 13.2. The number of rotatable bonds is 2. The molecular formula is C15H19F3N2O. The highest BCUT2D eigenvalue weighted by atomic mass is 19.4. The first kappa shape index (κ1) is 14.7. The number of ether oxygens (including phenoxy) is 1. The first-order valence-corrected chi connectivity index (χ1v) is 7.20. The predicted octanol–water partition coefficient (Wildman–Crippen LogP) is 2.53. The Balaban J connectivity index is 1.75. The molecule has 6 heteroatoms. The summed E-state index contributed by atoms with van der Waals surface area (Å²) in [4.78, 5) is 4.15. The van der Waals surface area contributed by atoms with E-state index in [2.05, 4.69) is 4.90 Å². The van der Waals surface area contributed by atoms with Crippen molar-refractivity contribution >= 4 is 5.69 Å². The first-order valence-electron chi connectivity index (χ1n) is 7.20. The number of hydrogen-bond donors (Lipinski definition) is 0. The molecule has 0 spiro atoms. The fraction of sp³-hybridized carbons (Fsp3) is 0.600. The van der Waals surface area contributed by atoms with Crippen LogP contribution in [0.15, 0.2) is 18.2 Å². The molecule has 0 bridgehead atoms. The standard InChI is InChI=1S/C15H19F3N2O/c1-11-2-3-14(13(8-11)15(16,17)18)20-6-4-19(5-7-20)12-9-21-10-12/h2-3,8,12H,4-7,9-10H2,1H3. The van der Waals surface area contributed by atoms with Crippen LogP contribution in [0, 0.1) is 6.92 Å². The molecule has 0 N–H and O–H groups in total.